The third-order valence-corrected chi connectivity index (χ3v) is 6.11. The van der Waals surface area contributed by atoms with Crippen LogP contribution in [0.15, 0.2) is 47.4 Å². The van der Waals surface area contributed by atoms with Crippen LogP contribution in [0.25, 0.3) is 0 Å². The van der Waals surface area contributed by atoms with Gasteiger partial charge >= 0.3 is 0 Å². The van der Waals surface area contributed by atoms with Gasteiger partial charge < -0.3 is 19.1 Å². The molecule has 8 nitrogen and oxygen atoms in total. The van der Waals surface area contributed by atoms with Crippen LogP contribution in [0.4, 0.5) is 5.69 Å². The summed E-state index contributed by atoms with van der Waals surface area (Å²) in [5, 5.41) is 0. The lowest BCUT2D eigenvalue weighted by molar-refractivity contribution is -0.132. The van der Waals surface area contributed by atoms with Gasteiger partial charge in [0.15, 0.2) is 18.1 Å². The Bertz CT molecular complexity index is 1000. The molecule has 0 aromatic heterocycles. The fourth-order valence-corrected chi connectivity index (χ4v) is 4.32. The number of nitrogens with zero attached hydrogens (tertiary/aromatic N) is 1. The second kappa shape index (κ2) is 8.20. The van der Waals surface area contributed by atoms with E-state index in [0.29, 0.717) is 36.1 Å². The minimum Gasteiger partial charge on any atom is -0.486 e. The van der Waals surface area contributed by atoms with Gasteiger partial charge in [0.05, 0.1) is 10.6 Å². The first kappa shape index (κ1) is 19.4. The number of sulfonamides is 1. The fourth-order valence-electron chi connectivity index (χ4n) is 3.26. The third-order valence-electron chi connectivity index (χ3n) is 4.73. The molecule has 2 aliphatic heterocycles. The van der Waals surface area contributed by atoms with Gasteiger partial charge in [0.25, 0.3) is 15.9 Å². The zero-order valence-electron chi connectivity index (χ0n) is 15.8. The number of likely N-dealkylation sites (tertiary alicyclic amines) is 1. The first-order valence-corrected chi connectivity index (χ1v) is 10.9. The molecular formula is C20H22N2O6S. The Morgan fingerprint density at radius 2 is 1.79 bits per heavy atom. The Morgan fingerprint density at radius 1 is 1.03 bits per heavy atom. The van der Waals surface area contributed by atoms with Crippen LogP contribution in [0, 0.1) is 0 Å². The van der Waals surface area contributed by atoms with Gasteiger partial charge in [-0.15, -0.1) is 0 Å². The number of hydrogen-bond donors (Lipinski definition) is 1. The van der Waals surface area contributed by atoms with Crippen molar-refractivity contribution >= 4 is 21.6 Å². The highest BCUT2D eigenvalue weighted by molar-refractivity contribution is 7.92. The van der Waals surface area contributed by atoms with Crippen LogP contribution in [-0.2, 0) is 14.8 Å². The number of carbonyl (C=O) groups excluding carboxylic acids is 1. The van der Waals surface area contributed by atoms with E-state index in [2.05, 4.69) is 4.72 Å². The van der Waals surface area contributed by atoms with Gasteiger partial charge in [0.1, 0.15) is 19.0 Å². The predicted octanol–water partition coefficient (Wildman–Crippen LogP) is 2.26. The Kier molecular flexibility index (Phi) is 5.48. The van der Waals surface area contributed by atoms with E-state index in [1.807, 2.05) is 0 Å². The maximum atomic E-state index is 12.7. The van der Waals surface area contributed by atoms with E-state index in [1.165, 1.54) is 12.1 Å². The second-order valence-corrected chi connectivity index (χ2v) is 8.50. The van der Waals surface area contributed by atoms with Crippen molar-refractivity contribution in [2.24, 2.45) is 0 Å². The van der Waals surface area contributed by atoms with Crippen LogP contribution in [-0.4, -0.2) is 52.1 Å². The first-order valence-electron chi connectivity index (χ1n) is 9.44. The Hall–Kier alpha value is -2.94. The predicted molar refractivity (Wildman–Crippen MR) is 106 cm³/mol. The minimum absolute atomic E-state index is 0.0650. The van der Waals surface area contributed by atoms with Gasteiger partial charge in [-0.25, -0.2) is 8.42 Å². The molecule has 1 fully saturated rings. The summed E-state index contributed by atoms with van der Waals surface area (Å²) in [6.07, 6.45) is 2.03. The number of nitrogens with one attached hydrogen (secondary N) is 1. The van der Waals surface area contributed by atoms with Crippen molar-refractivity contribution in [3.05, 3.63) is 42.5 Å². The molecule has 29 heavy (non-hydrogen) atoms. The van der Waals surface area contributed by atoms with E-state index in [-0.39, 0.29) is 17.4 Å². The second-order valence-electron chi connectivity index (χ2n) is 6.82. The molecule has 1 amide bonds. The molecule has 9 heteroatoms. The number of amides is 1. The highest BCUT2D eigenvalue weighted by Gasteiger charge is 2.20. The first-order chi connectivity index (χ1) is 14.0. The van der Waals surface area contributed by atoms with Crippen molar-refractivity contribution in [3.8, 4) is 17.2 Å². The Balaban J connectivity index is 1.43. The van der Waals surface area contributed by atoms with Crippen LogP contribution < -0.4 is 18.9 Å². The average molecular weight is 418 g/mol. The largest absolute Gasteiger partial charge is 0.486 e. The summed E-state index contributed by atoms with van der Waals surface area (Å²) < 4.78 is 44.4. The zero-order chi connectivity index (χ0) is 20.3. The molecule has 4 rings (SSSR count). The minimum atomic E-state index is -3.82. The van der Waals surface area contributed by atoms with Crippen LogP contribution in [0.2, 0.25) is 0 Å². The number of ether oxygens (including phenoxy) is 3. The molecule has 0 spiro atoms. The Labute approximate surface area is 169 Å². The maximum Gasteiger partial charge on any atom is 0.262 e. The van der Waals surface area contributed by atoms with E-state index >= 15 is 0 Å². The van der Waals surface area contributed by atoms with Crippen LogP contribution in [0.3, 0.4) is 0 Å². The SMILES string of the molecule is O=C(COc1cccc(NS(=O)(=O)c2ccc3c(c2)OCCO3)c1)N1CCCC1. The van der Waals surface area contributed by atoms with Crippen molar-refractivity contribution < 1.29 is 27.4 Å². The molecule has 0 bridgehead atoms. The summed E-state index contributed by atoms with van der Waals surface area (Å²) in [5.41, 5.74) is 0.339. The lowest BCUT2D eigenvalue weighted by Gasteiger charge is -2.19. The molecule has 2 heterocycles. The Morgan fingerprint density at radius 3 is 2.59 bits per heavy atom. The number of anilines is 1. The summed E-state index contributed by atoms with van der Waals surface area (Å²) in [6, 6.07) is 11.0. The van der Waals surface area contributed by atoms with E-state index in [9.17, 15) is 13.2 Å². The summed E-state index contributed by atoms with van der Waals surface area (Å²) >= 11 is 0. The monoisotopic (exact) mass is 418 g/mol. The van der Waals surface area contributed by atoms with Gasteiger partial charge in [0, 0.05) is 25.2 Å². The average Bonchev–Trinajstić information content (AvgIpc) is 3.27. The molecule has 2 aromatic carbocycles. The van der Waals surface area contributed by atoms with Gasteiger partial charge in [-0.2, -0.15) is 0 Å². The van der Waals surface area contributed by atoms with Gasteiger partial charge in [-0.3, -0.25) is 9.52 Å². The summed E-state index contributed by atoms with van der Waals surface area (Å²) in [7, 11) is -3.82. The molecule has 154 valence electrons. The number of fused-ring (bicyclic) bond motifs is 1. The molecule has 1 N–H and O–H groups in total. The lowest BCUT2D eigenvalue weighted by Crippen LogP contribution is -2.32. The fraction of sp³-hybridized carbons (Fsp3) is 0.350. The van der Waals surface area contributed by atoms with Crippen LogP contribution in [0.1, 0.15) is 12.8 Å². The molecule has 1 saturated heterocycles. The van der Waals surface area contributed by atoms with E-state index < -0.39 is 10.0 Å². The van der Waals surface area contributed by atoms with Crippen LogP contribution in [0.5, 0.6) is 17.2 Å². The van der Waals surface area contributed by atoms with Crippen molar-refractivity contribution in [1.29, 1.82) is 0 Å². The van der Waals surface area contributed by atoms with Gasteiger partial charge in [0.2, 0.25) is 0 Å². The molecule has 0 saturated carbocycles. The van der Waals surface area contributed by atoms with Crippen molar-refractivity contribution in [2.75, 3.05) is 37.6 Å². The molecule has 2 aliphatic rings. The van der Waals surface area contributed by atoms with Gasteiger partial charge in [-0.1, -0.05) is 6.07 Å². The van der Waals surface area contributed by atoms with Crippen molar-refractivity contribution in [1.82, 2.24) is 4.90 Å². The standard InChI is InChI=1S/C20H22N2O6S/c23-20(22-8-1-2-9-22)14-28-16-5-3-4-15(12-16)21-29(24,25)17-6-7-18-19(13-17)27-11-10-26-18/h3-7,12-13,21H,1-2,8-11,14H2. The van der Waals surface area contributed by atoms with E-state index in [4.69, 9.17) is 14.2 Å². The number of hydrogen-bond acceptors (Lipinski definition) is 6. The lowest BCUT2D eigenvalue weighted by atomic mass is 10.3. The summed E-state index contributed by atoms with van der Waals surface area (Å²) in [4.78, 5) is 13.9. The molecule has 0 radical (unpaired) electrons. The highest BCUT2D eigenvalue weighted by Crippen LogP contribution is 2.33. The van der Waals surface area contributed by atoms with Crippen molar-refractivity contribution in [2.45, 2.75) is 17.7 Å². The zero-order valence-corrected chi connectivity index (χ0v) is 16.6. The van der Waals surface area contributed by atoms with Crippen LogP contribution >= 0.6 is 0 Å². The normalized spacial score (nSPS) is 15.8. The summed E-state index contributed by atoms with van der Waals surface area (Å²) in [6.45, 7) is 2.26. The molecule has 0 unspecified atom stereocenters. The topological polar surface area (TPSA) is 94.2 Å². The quantitative estimate of drug-likeness (QED) is 0.773. The highest BCUT2D eigenvalue weighted by atomic mass is 32.2. The number of rotatable bonds is 6. The van der Waals surface area contributed by atoms with E-state index in [0.717, 1.165) is 25.9 Å². The summed E-state index contributed by atoms with van der Waals surface area (Å²) in [5.74, 6) is 1.27. The van der Waals surface area contributed by atoms with Gasteiger partial charge in [-0.05, 0) is 37.1 Å². The molecular weight excluding hydrogens is 396 g/mol. The number of benzene rings is 2. The van der Waals surface area contributed by atoms with E-state index in [1.54, 1.807) is 35.2 Å². The maximum absolute atomic E-state index is 12.7. The number of carbonyl (C=O) groups is 1. The smallest absolute Gasteiger partial charge is 0.262 e. The molecule has 0 aliphatic carbocycles. The molecule has 0 atom stereocenters. The van der Waals surface area contributed by atoms with Crippen molar-refractivity contribution in [3.63, 3.8) is 0 Å². The molecule has 2 aromatic rings. The third kappa shape index (κ3) is 4.56.